The number of hydrogen-bond acceptors (Lipinski definition) is 3. The lowest BCUT2D eigenvalue weighted by Crippen LogP contribution is -2.45. The molecule has 2 heterocycles. The van der Waals surface area contributed by atoms with Crippen molar-refractivity contribution in [3.8, 4) is 0 Å². The molecule has 0 aliphatic carbocycles. The zero-order chi connectivity index (χ0) is 16.9. The number of para-hydroxylation sites is 3. The first-order valence-electron chi connectivity index (χ1n) is 7.69. The molecule has 1 fully saturated rings. The fraction of sp³-hybridized carbons (Fsp3) is 0.167. The number of nitrogens with one attached hydrogen (secondary N) is 1. The molecular weight excluding hydrogens is 304 g/mol. The van der Waals surface area contributed by atoms with Crippen molar-refractivity contribution in [2.45, 2.75) is 19.4 Å². The van der Waals surface area contributed by atoms with Gasteiger partial charge in [0.05, 0.1) is 16.7 Å². The summed E-state index contributed by atoms with van der Waals surface area (Å²) in [6, 6.07) is 16.0. The summed E-state index contributed by atoms with van der Waals surface area (Å²) in [6.07, 6.45) is 0. The summed E-state index contributed by atoms with van der Waals surface area (Å²) < 4.78 is 0. The molecule has 3 amide bonds. The van der Waals surface area contributed by atoms with E-state index in [1.807, 2.05) is 30.3 Å². The van der Waals surface area contributed by atoms with Crippen molar-refractivity contribution in [2.24, 2.45) is 0 Å². The Balaban J connectivity index is 1.83. The maximum absolute atomic E-state index is 13.0. The molecule has 0 unspecified atom stereocenters. The number of aromatic amines is 1. The van der Waals surface area contributed by atoms with Crippen LogP contribution in [0.3, 0.4) is 0 Å². The number of carbonyl (C=O) groups is 2. The number of carbonyl (C=O) groups excluding carboxylic acids is 2. The van der Waals surface area contributed by atoms with Gasteiger partial charge in [-0.25, -0.2) is 19.6 Å². The van der Waals surface area contributed by atoms with E-state index in [0.717, 1.165) is 11.0 Å². The van der Waals surface area contributed by atoms with Crippen LogP contribution < -0.4 is 9.80 Å². The van der Waals surface area contributed by atoms with Crippen molar-refractivity contribution in [3.63, 3.8) is 0 Å². The summed E-state index contributed by atoms with van der Waals surface area (Å²) in [4.78, 5) is 36.1. The lowest BCUT2D eigenvalue weighted by Gasteiger charge is -2.24. The molecule has 3 aromatic rings. The number of nitrogens with zero attached hydrogens (tertiary/aromatic N) is 3. The number of aromatic nitrogens is 2. The number of fused-ring (bicyclic) bond motifs is 1. The standard InChI is InChI=1S/C18H16N4O2/c1-18(2)15(23)21(12-8-4-3-5-9-12)17(24)22(18)16-19-13-10-6-7-11-14(13)20-16/h3-11H,1-2H3,(H,19,20). The Morgan fingerprint density at radius 3 is 2.33 bits per heavy atom. The SMILES string of the molecule is CC1(C)C(=O)N(c2ccccc2)C(=O)N1c1nc2ccccc2[nH]1. The monoisotopic (exact) mass is 320 g/mol. The van der Waals surface area contributed by atoms with Crippen molar-refractivity contribution in [1.29, 1.82) is 0 Å². The highest BCUT2D eigenvalue weighted by atomic mass is 16.2. The first-order chi connectivity index (χ1) is 11.5. The molecule has 6 nitrogen and oxygen atoms in total. The van der Waals surface area contributed by atoms with E-state index in [9.17, 15) is 9.59 Å². The van der Waals surface area contributed by atoms with Gasteiger partial charge >= 0.3 is 6.03 Å². The van der Waals surface area contributed by atoms with Gasteiger partial charge in [-0.2, -0.15) is 0 Å². The maximum Gasteiger partial charge on any atom is 0.339 e. The minimum Gasteiger partial charge on any atom is -0.324 e. The maximum atomic E-state index is 13.0. The largest absolute Gasteiger partial charge is 0.339 e. The van der Waals surface area contributed by atoms with E-state index in [1.54, 1.807) is 38.1 Å². The third-order valence-corrected chi connectivity index (χ3v) is 4.27. The topological polar surface area (TPSA) is 69.3 Å². The normalized spacial score (nSPS) is 17.1. The molecule has 0 spiro atoms. The van der Waals surface area contributed by atoms with Crippen LogP contribution >= 0.6 is 0 Å². The molecule has 120 valence electrons. The Labute approximate surface area is 138 Å². The summed E-state index contributed by atoms with van der Waals surface area (Å²) in [7, 11) is 0. The molecule has 1 saturated heterocycles. The summed E-state index contributed by atoms with van der Waals surface area (Å²) in [5.41, 5.74) is 1.10. The van der Waals surface area contributed by atoms with Crippen LogP contribution in [0.2, 0.25) is 0 Å². The molecule has 0 radical (unpaired) electrons. The van der Waals surface area contributed by atoms with Gasteiger partial charge in [-0.3, -0.25) is 4.79 Å². The zero-order valence-corrected chi connectivity index (χ0v) is 13.4. The summed E-state index contributed by atoms with van der Waals surface area (Å²) in [6.45, 7) is 3.45. The first kappa shape index (κ1) is 14.4. The van der Waals surface area contributed by atoms with Crippen molar-refractivity contribution < 1.29 is 9.59 Å². The van der Waals surface area contributed by atoms with E-state index in [2.05, 4.69) is 9.97 Å². The van der Waals surface area contributed by atoms with Gasteiger partial charge in [0.1, 0.15) is 5.54 Å². The fourth-order valence-corrected chi connectivity index (χ4v) is 3.00. The molecule has 6 heteroatoms. The van der Waals surface area contributed by atoms with Gasteiger partial charge in [0.25, 0.3) is 5.91 Å². The molecule has 24 heavy (non-hydrogen) atoms. The van der Waals surface area contributed by atoms with Gasteiger partial charge in [0.2, 0.25) is 5.95 Å². The molecule has 1 aliphatic heterocycles. The van der Waals surface area contributed by atoms with Gasteiger partial charge in [0, 0.05) is 0 Å². The van der Waals surface area contributed by atoms with Crippen LogP contribution in [0.1, 0.15) is 13.8 Å². The molecule has 2 aromatic carbocycles. The Hall–Kier alpha value is -3.15. The number of hydrogen-bond donors (Lipinski definition) is 1. The van der Waals surface area contributed by atoms with Gasteiger partial charge in [-0.15, -0.1) is 0 Å². The number of H-pyrrole nitrogens is 1. The minimum absolute atomic E-state index is 0.279. The zero-order valence-electron chi connectivity index (χ0n) is 13.4. The molecule has 1 aromatic heterocycles. The van der Waals surface area contributed by atoms with Crippen LogP contribution in [0.5, 0.6) is 0 Å². The Morgan fingerprint density at radius 1 is 0.958 bits per heavy atom. The van der Waals surface area contributed by atoms with Crippen LogP contribution in [0, 0.1) is 0 Å². The fourth-order valence-electron chi connectivity index (χ4n) is 3.00. The van der Waals surface area contributed by atoms with Gasteiger partial charge in [-0.1, -0.05) is 30.3 Å². The minimum atomic E-state index is -1.03. The van der Waals surface area contributed by atoms with Gasteiger partial charge in [0.15, 0.2) is 0 Å². The Kier molecular flexibility index (Phi) is 2.96. The van der Waals surface area contributed by atoms with Crippen LogP contribution in [-0.4, -0.2) is 27.4 Å². The third-order valence-electron chi connectivity index (χ3n) is 4.27. The highest BCUT2D eigenvalue weighted by molar-refractivity contribution is 6.29. The molecule has 1 aliphatic rings. The second-order valence-corrected chi connectivity index (χ2v) is 6.23. The number of benzene rings is 2. The molecule has 0 saturated carbocycles. The van der Waals surface area contributed by atoms with E-state index in [1.165, 1.54) is 9.80 Å². The molecule has 0 atom stereocenters. The smallest absolute Gasteiger partial charge is 0.324 e. The molecule has 1 N–H and O–H groups in total. The van der Waals surface area contributed by atoms with E-state index in [-0.39, 0.29) is 5.91 Å². The number of rotatable bonds is 2. The Morgan fingerprint density at radius 2 is 1.62 bits per heavy atom. The number of urea groups is 1. The number of imide groups is 1. The van der Waals surface area contributed by atoms with Crippen LogP contribution in [0.4, 0.5) is 16.4 Å². The van der Waals surface area contributed by atoms with Gasteiger partial charge in [-0.05, 0) is 38.1 Å². The van der Waals surface area contributed by atoms with E-state index in [0.29, 0.717) is 11.6 Å². The quantitative estimate of drug-likeness (QED) is 0.736. The predicted molar refractivity (Wildman–Crippen MR) is 92.0 cm³/mol. The van der Waals surface area contributed by atoms with Crippen LogP contribution in [0.25, 0.3) is 11.0 Å². The van der Waals surface area contributed by atoms with Crippen molar-refractivity contribution >= 4 is 34.6 Å². The average Bonchev–Trinajstić information content (AvgIpc) is 3.05. The highest BCUT2D eigenvalue weighted by Crippen LogP contribution is 2.35. The van der Waals surface area contributed by atoms with E-state index < -0.39 is 11.6 Å². The molecule has 4 rings (SSSR count). The number of imidazole rings is 1. The average molecular weight is 320 g/mol. The second-order valence-electron chi connectivity index (χ2n) is 6.23. The van der Waals surface area contributed by atoms with E-state index >= 15 is 0 Å². The van der Waals surface area contributed by atoms with Crippen molar-refractivity contribution in [1.82, 2.24) is 9.97 Å². The lowest BCUT2D eigenvalue weighted by atomic mass is 10.0. The second kappa shape index (κ2) is 4.92. The van der Waals surface area contributed by atoms with Gasteiger partial charge < -0.3 is 4.98 Å². The van der Waals surface area contributed by atoms with E-state index in [4.69, 9.17) is 0 Å². The first-order valence-corrected chi connectivity index (χ1v) is 7.69. The third kappa shape index (κ3) is 1.93. The van der Waals surface area contributed by atoms with Crippen molar-refractivity contribution in [2.75, 3.05) is 9.80 Å². The number of amides is 3. The molecule has 0 bridgehead atoms. The number of anilines is 2. The van der Waals surface area contributed by atoms with Crippen LogP contribution in [-0.2, 0) is 4.79 Å². The van der Waals surface area contributed by atoms with Crippen LogP contribution in [0.15, 0.2) is 54.6 Å². The highest BCUT2D eigenvalue weighted by Gasteiger charge is 2.53. The predicted octanol–water partition coefficient (Wildman–Crippen LogP) is 3.31. The van der Waals surface area contributed by atoms with Crippen molar-refractivity contribution in [3.05, 3.63) is 54.6 Å². The summed E-state index contributed by atoms with van der Waals surface area (Å²) in [5, 5.41) is 0. The summed E-state index contributed by atoms with van der Waals surface area (Å²) in [5.74, 6) is 0.0946. The summed E-state index contributed by atoms with van der Waals surface area (Å²) >= 11 is 0. The molecular formula is C18H16N4O2. The lowest BCUT2D eigenvalue weighted by molar-refractivity contribution is -0.120. The Bertz CT molecular complexity index is 913.